The molecule has 2 heterocycles. The summed E-state index contributed by atoms with van der Waals surface area (Å²) >= 11 is 0. The molecule has 3 rings (SSSR count). The lowest BCUT2D eigenvalue weighted by atomic mass is 10.2. The molecule has 130 valence electrons. The van der Waals surface area contributed by atoms with E-state index in [0.29, 0.717) is 11.8 Å². The summed E-state index contributed by atoms with van der Waals surface area (Å²) in [7, 11) is -2.24. The molecule has 25 heavy (non-hydrogen) atoms. The van der Waals surface area contributed by atoms with Gasteiger partial charge in [-0.15, -0.1) is 0 Å². The molecule has 0 aliphatic carbocycles. The number of pyridine rings is 1. The summed E-state index contributed by atoms with van der Waals surface area (Å²) in [4.78, 5) is 3.59. The number of hydrogen-bond acceptors (Lipinski definition) is 4. The lowest BCUT2D eigenvalue weighted by molar-refractivity contribution is 0.504. The Bertz CT molecular complexity index is 1000. The smallest absolute Gasteiger partial charge is 0.241 e. The maximum absolute atomic E-state index is 13.2. The fourth-order valence-electron chi connectivity index (χ4n) is 2.30. The molecular formula is C16H14F2N4O2S. The number of aryl methyl sites for hydroxylation is 1. The van der Waals surface area contributed by atoms with Gasteiger partial charge in [0.05, 0.1) is 22.8 Å². The predicted molar refractivity (Wildman–Crippen MR) is 86.8 cm³/mol. The molecule has 1 aromatic carbocycles. The number of rotatable bonds is 5. The summed E-state index contributed by atoms with van der Waals surface area (Å²) in [6, 6.07) is 7.77. The van der Waals surface area contributed by atoms with Crippen LogP contribution in [0.2, 0.25) is 0 Å². The van der Waals surface area contributed by atoms with Gasteiger partial charge in [0, 0.05) is 25.0 Å². The molecule has 0 bridgehead atoms. The van der Waals surface area contributed by atoms with E-state index < -0.39 is 21.7 Å². The van der Waals surface area contributed by atoms with Gasteiger partial charge in [0.25, 0.3) is 0 Å². The third kappa shape index (κ3) is 3.72. The van der Waals surface area contributed by atoms with Gasteiger partial charge >= 0.3 is 0 Å². The van der Waals surface area contributed by atoms with Crippen molar-refractivity contribution in [3.8, 4) is 11.3 Å². The number of aromatic nitrogens is 3. The van der Waals surface area contributed by atoms with Crippen molar-refractivity contribution in [1.29, 1.82) is 0 Å². The first kappa shape index (κ1) is 17.2. The van der Waals surface area contributed by atoms with Crippen LogP contribution in [0.25, 0.3) is 11.3 Å². The Morgan fingerprint density at radius 2 is 1.80 bits per heavy atom. The highest BCUT2D eigenvalue weighted by atomic mass is 32.2. The summed E-state index contributed by atoms with van der Waals surface area (Å²) in [5.74, 6) is -2.33. The Morgan fingerprint density at radius 1 is 1.08 bits per heavy atom. The van der Waals surface area contributed by atoms with E-state index in [1.807, 2.05) is 12.1 Å². The van der Waals surface area contributed by atoms with E-state index in [1.54, 1.807) is 30.2 Å². The second-order valence-corrected chi connectivity index (χ2v) is 7.05. The summed E-state index contributed by atoms with van der Waals surface area (Å²) in [5.41, 5.74) is 2.17. The molecule has 1 N–H and O–H groups in total. The van der Waals surface area contributed by atoms with Gasteiger partial charge in [-0.2, -0.15) is 5.10 Å². The average molecular weight is 364 g/mol. The minimum Gasteiger partial charge on any atom is -0.268 e. The molecular weight excluding hydrogens is 350 g/mol. The molecule has 0 saturated carbocycles. The van der Waals surface area contributed by atoms with Gasteiger partial charge in [-0.25, -0.2) is 21.9 Å². The van der Waals surface area contributed by atoms with E-state index in [4.69, 9.17) is 0 Å². The van der Waals surface area contributed by atoms with Crippen molar-refractivity contribution >= 4 is 10.0 Å². The number of hydrogen-bond donors (Lipinski definition) is 1. The lowest BCUT2D eigenvalue weighted by Crippen LogP contribution is -2.23. The van der Waals surface area contributed by atoms with E-state index in [0.717, 1.165) is 23.4 Å². The second-order valence-electron chi connectivity index (χ2n) is 5.28. The van der Waals surface area contributed by atoms with Crippen molar-refractivity contribution in [3.63, 3.8) is 0 Å². The first-order chi connectivity index (χ1) is 11.9. The summed E-state index contributed by atoms with van der Waals surface area (Å²) < 4.78 is 54.5. The molecule has 6 nitrogen and oxygen atoms in total. The minimum absolute atomic E-state index is 0.0831. The monoisotopic (exact) mass is 364 g/mol. The molecule has 0 radical (unpaired) electrons. The molecule has 0 aliphatic heterocycles. The first-order valence-electron chi connectivity index (χ1n) is 7.25. The molecule has 0 spiro atoms. The van der Waals surface area contributed by atoms with Gasteiger partial charge in [0.15, 0.2) is 11.6 Å². The van der Waals surface area contributed by atoms with Crippen LogP contribution >= 0.6 is 0 Å². The molecule has 2 aromatic heterocycles. The van der Waals surface area contributed by atoms with E-state index in [9.17, 15) is 17.2 Å². The molecule has 0 fully saturated rings. The zero-order valence-corrected chi connectivity index (χ0v) is 14.0. The van der Waals surface area contributed by atoms with Gasteiger partial charge in [0.1, 0.15) is 0 Å². The topological polar surface area (TPSA) is 76.9 Å². The van der Waals surface area contributed by atoms with Crippen molar-refractivity contribution in [1.82, 2.24) is 19.5 Å². The predicted octanol–water partition coefficient (Wildman–Crippen LogP) is 2.24. The van der Waals surface area contributed by atoms with E-state index in [1.165, 1.54) is 0 Å². The average Bonchev–Trinajstić information content (AvgIpc) is 2.97. The summed E-state index contributed by atoms with van der Waals surface area (Å²) in [6.45, 7) is -0.0831. The number of nitrogens with zero attached hydrogens (tertiary/aromatic N) is 3. The van der Waals surface area contributed by atoms with Crippen molar-refractivity contribution in [2.75, 3.05) is 0 Å². The molecule has 0 aliphatic rings. The third-order valence-corrected chi connectivity index (χ3v) is 4.95. The molecule has 0 amide bonds. The molecule has 0 unspecified atom stereocenters. The Morgan fingerprint density at radius 3 is 2.48 bits per heavy atom. The Balaban J connectivity index is 1.78. The van der Waals surface area contributed by atoms with Gasteiger partial charge in [-0.05, 0) is 36.4 Å². The number of halogens is 2. The third-order valence-electron chi connectivity index (χ3n) is 3.55. The van der Waals surface area contributed by atoms with Crippen LogP contribution in [0.4, 0.5) is 8.78 Å². The fraction of sp³-hybridized carbons (Fsp3) is 0.125. The van der Waals surface area contributed by atoms with Crippen LogP contribution < -0.4 is 4.72 Å². The zero-order valence-electron chi connectivity index (χ0n) is 13.1. The van der Waals surface area contributed by atoms with Crippen LogP contribution in [0.1, 0.15) is 5.69 Å². The quantitative estimate of drug-likeness (QED) is 0.753. The van der Waals surface area contributed by atoms with E-state index in [-0.39, 0.29) is 11.4 Å². The van der Waals surface area contributed by atoms with Crippen LogP contribution in [-0.4, -0.2) is 23.2 Å². The van der Waals surface area contributed by atoms with Gasteiger partial charge in [-0.3, -0.25) is 9.67 Å². The Hall–Kier alpha value is -2.65. The second kappa shape index (κ2) is 6.69. The first-order valence-corrected chi connectivity index (χ1v) is 8.73. The van der Waals surface area contributed by atoms with Crippen LogP contribution in [0.5, 0.6) is 0 Å². The summed E-state index contributed by atoms with van der Waals surface area (Å²) in [5, 5.41) is 4.25. The number of nitrogens with one attached hydrogen (secondary N) is 1. The largest absolute Gasteiger partial charge is 0.268 e. The fourth-order valence-corrected chi connectivity index (χ4v) is 3.31. The highest BCUT2D eigenvalue weighted by Gasteiger charge is 2.17. The number of benzene rings is 1. The SMILES string of the molecule is Cn1nc(CNS(=O)(=O)c2ccc(F)c(F)c2)cc1-c1ccncc1. The Labute approximate surface area is 143 Å². The van der Waals surface area contributed by atoms with Crippen LogP contribution in [0.15, 0.2) is 53.7 Å². The van der Waals surface area contributed by atoms with Crippen LogP contribution in [0.3, 0.4) is 0 Å². The van der Waals surface area contributed by atoms with Gasteiger partial charge < -0.3 is 0 Å². The maximum Gasteiger partial charge on any atom is 0.241 e. The normalized spacial score (nSPS) is 11.6. The van der Waals surface area contributed by atoms with Crippen molar-refractivity contribution < 1.29 is 17.2 Å². The maximum atomic E-state index is 13.2. The molecule has 0 saturated heterocycles. The zero-order chi connectivity index (χ0) is 18.0. The van der Waals surface area contributed by atoms with E-state index >= 15 is 0 Å². The van der Waals surface area contributed by atoms with Gasteiger partial charge in [-0.1, -0.05) is 0 Å². The van der Waals surface area contributed by atoms with Crippen LogP contribution in [0, 0.1) is 11.6 Å². The highest BCUT2D eigenvalue weighted by molar-refractivity contribution is 7.89. The standard InChI is InChI=1S/C16H14F2N4O2S/c1-22-16(11-4-6-19-7-5-11)8-12(21-22)10-20-25(23,24)13-2-3-14(17)15(18)9-13/h2-9,20H,10H2,1H3. The van der Waals surface area contributed by atoms with Gasteiger partial charge in [0.2, 0.25) is 10.0 Å². The lowest BCUT2D eigenvalue weighted by Gasteiger charge is -2.05. The minimum atomic E-state index is -3.98. The molecule has 3 aromatic rings. The van der Waals surface area contributed by atoms with Crippen molar-refractivity contribution in [3.05, 3.63) is 66.1 Å². The van der Waals surface area contributed by atoms with Crippen LogP contribution in [-0.2, 0) is 23.6 Å². The molecule has 9 heteroatoms. The highest BCUT2D eigenvalue weighted by Crippen LogP contribution is 2.19. The van der Waals surface area contributed by atoms with Crippen molar-refractivity contribution in [2.24, 2.45) is 7.05 Å². The molecule has 0 atom stereocenters. The van der Waals surface area contributed by atoms with Crippen molar-refractivity contribution in [2.45, 2.75) is 11.4 Å². The number of sulfonamides is 1. The van der Waals surface area contributed by atoms with E-state index in [2.05, 4.69) is 14.8 Å². The summed E-state index contributed by atoms with van der Waals surface area (Å²) in [6.07, 6.45) is 3.29. The Kier molecular flexibility index (Phi) is 4.60.